The first-order valence-electron chi connectivity index (χ1n) is 5.22. The summed E-state index contributed by atoms with van der Waals surface area (Å²) in [5.41, 5.74) is 0. The highest BCUT2D eigenvalue weighted by atomic mass is 32.3. The molecule has 2 N–H and O–H groups in total. The molecule has 0 spiro atoms. The van der Waals surface area contributed by atoms with E-state index < -0.39 is 28.5 Å². The normalized spacial score (nSPS) is 27.6. The molecule has 9 nitrogen and oxygen atoms in total. The Morgan fingerprint density at radius 3 is 2.72 bits per heavy atom. The minimum absolute atomic E-state index is 0.0597. The lowest BCUT2D eigenvalue weighted by Crippen LogP contribution is -2.45. The monoisotopic (exact) mass is 279 g/mol. The summed E-state index contributed by atoms with van der Waals surface area (Å²) in [4.78, 5) is 13.2. The SMILES string of the molecule is COC(=N)[C@@H]1CC[C@@H]2CN1C(=O)N2OS(=O)(=O)O. The number of fused-ring (bicyclic) bond motifs is 2. The number of carbonyl (C=O) groups excluding carboxylic acids is 1. The van der Waals surface area contributed by atoms with E-state index >= 15 is 0 Å². The number of hydrogen-bond donors (Lipinski definition) is 2. The lowest BCUT2D eigenvalue weighted by Gasteiger charge is -2.29. The zero-order valence-electron chi connectivity index (χ0n) is 9.57. The third-order valence-corrected chi connectivity index (χ3v) is 3.37. The molecule has 0 saturated carbocycles. The molecule has 2 bridgehead atoms. The van der Waals surface area contributed by atoms with Gasteiger partial charge in [0.05, 0.1) is 13.2 Å². The van der Waals surface area contributed by atoms with Crippen LogP contribution >= 0.6 is 0 Å². The zero-order chi connectivity index (χ0) is 13.5. The van der Waals surface area contributed by atoms with E-state index in [0.29, 0.717) is 17.9 Å². The third kappa shape index (κ3) is 2.26. The molecule has 102 valence electrons. The number of carbonyl (C=O) groups is 1. The number of amides is 2. The fourth-order valence-electron chi connectivity index (χ4n) is 2.24. The van der Waals surface area contributed by atoms with Crippen LogP contribution in [0.15, 0.2) is 0 Å². The van der Waals surface area contributed by atoms with Gasteiger partial charge in [0.25, 0.3) is 0 Å². The molecule has 2 saturated heterocycles. The van der Waals surface area contributed by atoms with Crippen molar-refractivity contribution in [2.24, 2.45) is 0 Å². The molecule has 0 aromatic carbocycles. The van der Waals surface area contributed by atoms with Crippen LogP contribution < -0.4 is 0 Å². The maximum Gasteiger partial charge on any atom is 0.418 e. The number of urea groups is 1. The maximum absolute atomic E-state index is 11.9. The molecule has 2 aliphatic heterocycles. The topological polar surface area (TPSA) is 120 Å². The van der Waals surface area contributed by atoms with E-state index in [9.17, 15) is 13.2 Å². The molecule has 2 heterocycles. The lowest BCUT2D eigenvalue weighted by molar-refractivity contribution is -0.0316. The summed E-state index contributed by atoms with van der Waals surface area (Å²) in [6.07, 6.45) is 0.947. The van der Waals surface area contributed by atoms with Gasteiger partial charge in [-0.1, -0.05) is 0 Å². The Morgan fingerprint density at radius 2 is 2.17 bits per heavy atom. The van der Waals surface area contributed by atoms with E-state index in [2.05, 4.69) is 4.28 Å². The van der Waals surface area contributed by atoms with Gasteiger partial charge >= 0.3 is 16.4 Å². The van der Waals surface area contributed by atoms with Crippen molar-refractivity contribution >= 4 is 22.3 Å². The van der Waals surface area contributed by atoms with Crippen molar-refractivity contribution in [3.63, 3.8) is 0 Å². The van der Waals surface area contributed by atoms with Gasteiger partial charge in [0.1, 0.15) is 6.04 Å². The van der Waals surface area contributed by atoms with Gasteiger partial charge in [-0.25, -0.2) is 4.79 Å². The van der Waals surface area contributed by atoms with Crippen LogP contribution in [0.1, 0.15) is 12.8 Å². The van der Waals surface area contributed by atoms with Gasteiger partial charge in [-0.2, -0.15) is 13.5 Å². The van der Waals surface area contributed by atoms with E-state index in [1.165, 1.54) is 12.0 Å². The molecule has 2 aliphatic rings. The molecule has 0 aromatic heterocycles. The number of ether oxygens (including phenoxy) is 1. The summed E-state index contributed by atoms with van der Waals surface area (Å²) in [6.45, 7) is 0.241. The quantitative estimate of drug-likeness (QED) is 0.412. The Hall–Kier alpha value is -1.39. The smallest absolute Gasteiger partial charge is 0.418 e. The first-order chi connectivity index (χ1) is 8.33. The average Bonchev–Trinajstić information content (AvgIpc) is 2.52. The van der Waals surface area contributed by atoms with Crippen molar-refractivity contribution in [3.05, 3.63) is 0 Å². The van der Waals surface area contributed by atoms with Gasteiger partial charge in [0.2, 0.25) is 5.90 Å². The second-order valence-electron chi connectivity index (χ2n) is 4.08. The van der Waals surface area contributed by atoms with Crippen LogP contribution in [0.25, 0.3) is 0 Å². The molecule has 0 unspecified atom stereocenters. The van der Waals surface area contributed by atoms with Crippen LogP contribution in [0, 0.1) is 5.41 Å². The number of nitrogens with zero attached hydrogens (tertiary/aromatic N) is 2. The van der Waals surface area contributed by atoms with Gasteiger partial charge in [-0.3, -0.25) is 9.96 Å². The van der Waals surface area contributed by atoms with Gasteiger partial charge in [-0.05, 0) is 12.8 Å². The summed E-state index contributed by atoms with van der Waals surface area (Å²) < 4.78 is 38.9. The second kappa shape index (κ2) is 4.37. The fraction of sp³-hybridized carbons (Fsp3) is 0.750. The Morgan fingerprint density at radius 1 is 1.50 bits per heavy atom. The highest BCUT2D eigenvalue weighted by Crippen LogP contribution is 2.31. The Bertz CT molecular complexity index is 477. The van der Waals surface area contributed by atoms with E-state index in [0.717, 1.165) is 0 Å². The van der Waals surface area contributed by atoms with Crippen molar-refractivity contribution in [2.75, 3.05) is 13.7 Å². The van der Waals surface area contributed by atoms with Crippen LogP contribution in [-0.4, -0.2) is 60.6 Å². The second-order valence-corrected chi connectivity index (χ2v) is 5.08. The predicted octanol–water partition coefficient (Wildman–Crippen LogP) is -0.387. The molecule has 18 heavy (non-hydrogen) atoms. The van der Waals surface area contributed by atoms with E-state index in [1.54, 1.807) is 0 Å². The first kappa shape index (κ1) is 13.1. The lowest BCUT2D eigenvalue weighted by atomic mass is 10.0. The summed E-state index contributed by atoms with van der Waals surface area (Å²) in [6, 6.07) is -1.66. The Kier molecular flexibility index (Phi) is 3.17. The highest BCUT2D eigenvalue weighted by molar-refractivity contribution is 7.80. The van der Waals surface area contributed by atoms with Crippen molar-refractivity contribution in [2.45, 2.75) is 24.9 Å². The van der Waals surface area contributed by atoms with Gasteiger partial charge in [0, 0.05) is 6.54 Å². The summed E-state index contributed by atoms with van der Waals surface area (Å²) in [5, 5.41) is 8.21. The third-order valence-electron chi connectivity index (χ3n) is 3.02. The van der Waals surface area contributed by atoms with Crippen LogP contribution in [0.2, 0.25) is 0 Å². The molecule has 0 aromatic rings. The van der Waals surface area contributed by atoms with E-state index in [-0.39, 0.29) is 12.4 Å². The minimum atomic E-state index is -4.73. The van der Waals surface area contributed by atoms with Gasteiger partial charge in [0.15, 0.2) is 0 Å². The molecule has 2 atom stereocenters. The van der Waals surface area contributed by atoms with E-state index in [1.807, 2.05) is 0 Å². The zero-order valence-corrected chi connectivity index (χ0v) is 10.4. The van der Waals surface area contributed by atoms with Crippen molar-refractivity contribution < 1.29 is 26.8 Å². The number of hydrogen-bond acceptors (Lipinski definition) is 6. The van der Waals surface area contributed by atoms with E-state index in [4.69, 9.17) is 14.7 Å². The number of nitrogens with one attached hydrogen (secondary N) is 1. The van der Waals surface area contributed by atoms with Crippen LogP contribution in [-0.2, 0) is 19.4 Å². The summed E-state index contributed by atoms with van der Waals surface area (Å²) >= 11 is 0. The van der Waals surface area contributed by atoms with Gasteiger partial charge < -0.3 is 9.64 Å². The number of hydroxylamine groups is 2. The van der Waals surface area contributed by atoms with Crippen LogP contribution in [0.5, 0.6) is 0 Å². The molecule has 2 rings (SSSR count). The predicted molar refractivity (Wildman–Crippen MR) is 58.1 cm³/mol. The number of rotatable bonds is 3. The molecular formula is C8H13N3O6S. The first-order valence-corrected chi connectivity index (χ1v) is 6.59. The van der Waals surface area contributed by atoms with Crippen molar-refractivity contribution in [1.29, 1.82) is 5.41 Å². The van der Waals surface area contributed by atoms with Crippen molar-refractivity contribution in [1.82, 2.24) is 9.96 Å². The summed E-state index contributed by atoms with van der Waals surface area (Å²) in [5.74, 6) is -0.0597. The average molecular weight is 279 g/mol. The molecule has 2 fully saturated rings. The standard InChI is InChI=1S/C8H13N3O6S/c1-16-7(9)6-3-2-5-4-10(6)8(12)11(5)17-18(13,14)15/h5-6,9H,2-4H2,1H3,(H,13,14,15)/t5-,6+/m1/s1. The fourth-order valence-corrected chi connectivity index (χ4v) is 2.63. The Balaban J connectivity index is 2.17. The highest BCUT2D eigenvalue weighted by Gasteiger charge is 2.48. The number of piperidine rings is 1. The van der Waals surface area contributed by atoms with Crippen molar-refractivity contribution in [3.8, 4) is 0 Å². The molecular weight excluding hydrogens is 266 g/mol. The largest absolute Gasteiger partial charge is 0.483 e. The molecule has 0 aliphatic carbocycles. The number of methoxy groups -OCH3 is 1. The Labute approximate surface area is 104 Å². The molecule has 0 radical (unpaired) electrons. The summed E-state index contributed by atoms with van der Waals surface area (Å²) in [7, 11) is -3.39. The van der Waals surface area contributed by atoms with Gasteiger partial charge in [-0.15, -0.1) is 4.28 Å². The molecule has 2 amide bonds. The van der Waals surface area contributed by atoms with Crippen LogP contribution in [0.3, 0.4) is 0 Å². The molecule has 10 heteroatoms. The van der Waals surface area contributed by atoms with Crippen LogP contribution in [0.4, 0.5) is 4.79 Å². The maximum atomic E-state index is 11.9. The minimum Gasteiger partial charge on any atom is -0.483 e.